The van der Waals surface area contributed by atoms with Crippen LogP contribution in [0.15, 0.2) is 70.2 Å². The molecule has 0 aliphatic carbocycles. The van der Waals surface area contributed by atoms with E-state index in [1.165, 1.54) is 30.5 Å². The van der Waals surface area contributed by atoms with Gasteiger partial charge in [0.2, 0.25) is 16.8 Å². The minimum Gasteiger partial charge on any atom is -0.468 e. The highest BCUT2D eigenvalue weighted by atomic mass is 32.2. The Kier molecular flexibility index (Phi) is 4.76. The van der Waals surface area contributed by atoms with Crippen molar-refractivity contribution in [1.82, 2.24) is 4.72 Å². The Morgan fingerprint density at radius 3 is 2.54 bits per heavy atom. The predicted octanol–water partition coefficient (Wildman–Crippen LogP) is 2.74. The molecule has 0 bridgehead atoms. The summed E-state index contributed by atoms with van der Waals surface area (Å²) < 4.78 is 42.7. The van der Waals surface area contributed by atoms with Gasteiger partial charge in [-0.25, -0.2) is 13.1 Å². The number of fused-ring (bicyclic) bond motifs is 1. The van der Waals surface area contributed by atoms with Crippen molar-refractivity contribution >= 4 is 21.6 Å². The molecule has 2 heterocycles. The molecule has 1 aliphatic rings. The van der Waals surface area contributed by atoms with Crippen LogP contribution in [-0.2, 0) is 16.6 Å². The van der Waals surface area contributed by atoms with Crippen LogP contribution in [0.3, 0.4) is 0 Å². The van der Waals surface area contributed by atoms with Crippen molar-refractivity contribution in [1.29, 1.82) is 0 Å². The van der Waals surface area contributed by atoms with Gasteiger partial charge in [-0.05, 0) is 48.5 Å². The molecule has 0 atom stereocenters. The van der Waals surface area contributed by atoms with Gasteiger partial charge in [-0.15, -0.1) is 0 Å². The molecule has 144 valence electrons. The number of rotatable bonds is 6. The van der Waals surface area contributed by atoms with E-state index in [-0.39, 0.29) is 24.1 Å². The van der Waals surface area contributed by atoms with E-state index in [1.54, 1.807) is 30.3 Å². The van der Waals surface area contributed by atoms with E-state index in [9.17, 15) is 13.2 Å². The minimum atomic E-state index is -3.72. The van der Waals surface area contributed by atoms with Gasteiger partial charge >= 0.3 is 0 Å². The zero-order chi connectivity index (χ0) is 19.6. The van der Waals surface area contributed by atoms with Crippen LogP contribution in [0, 0.1) is 0 Å². The van der Waals surface area contributed by atoms with Crippen molar-refractivity contribution < 1.29 is 27.1 Å². The largest absolute Gasteiger partial charge is 0.468 e. The minimum absolute atomic E-state index is 0.0433. The number of ether oxygens (including phenoxy) is 2. The Morgan fingerprint density at radius 2 is 1.79 bits per heavy atom. The highest BCUT2D eigenvalue weighted by molar-refractivity contribution is 7.89. The first-order chi connectivity index (χ1) is 13.5. The van der Waals surface area contributed by atoms with Crippen LogP contribution < -0.4 is 19.5 Å². The monoisotopic (exact) mass is 400 g/mol. The van der Waals surface area contributed by atoms with Gasteiger partial charge in [0.15, 0.2) is 11.5 Å². The fourth-order valence-electron chi connectivity index (χ4n) is 2.63. The highest BCUT2D eigenvalue weighted by Gasteiger charge is 2.17. The van der Waals surface area contributed by atoms with Crippen LogP contribution in [-0.4, -0.2) is 21.1 Å². The number of hydrogen-bond donors (Lipinski definition) is 2. The molecule has 0 fully saturated rings. The average molecular weight is 400 g/mol. The number of carbonyl (C=O) groups is 1. The molecule has 0 unspecified atom stereocenters. The number of benzene rings is 2. The van der Waals surface area contributed by atoms with Crippen molar-refractivity contribution in [2.45, 2.75) is 11.4 Å². The molecule has 0 radical (unpaired) electrons. The molecule has 0 spiro atoms. The topological polar surface area (TPSA) is 107 Å². The lowest BCUT2D eigenvalue weighted by molar-refractivity contribution is 0.102. The average Bonchev–Trinajstić information content (AvgIpc) is 3.38. The van der Waals surface area contributed by atoms with Crippen LogP contribution in [0.2, 0.25) is 0 Å². The smallest absolute Gasteiger partial charge is 0.255 e. The fourth-order valence-corrected chi connectivity index (χ4v) is 3.62. The Morgan fingerprint density at radius 1 is 1.00 bits per heavy atom. The molecular formula is C19H16N2O6S. The first kappa shape index (κ1) is 18.1. The lowest BCUT2D eigenvalue weighted by Crippen LogP contribution is -2.23. The van der Waals surface area contributed by atoms with Gasteiger partial charge < -0.3 is 19.2 Å². The molecule has 1 aliphatic heterocycles. The molecule has 0 saturated carbocycles. The van der Waals surface area contributed by atoms with Crippen molar-refractivity contribution in [2.75, 3.05) is 12.1 Å². The molecule has 3 aromatic rings. The Labute approximate surface area is 161 Å². The van der Waals surface area contributed by atoms with Crippen LogP contribution in [0.4, 0.5) is 5.69 Å². The Bertz CT molecular complexity index is 1090. The van der Waals surface area contributed by atoms with Gasteiger partial charge in [0, 0.05) is 17.3 Å². The number of sulfonamides is 1. The lowest BCUT2D eigenvalue weighted by atomic mass is 10.2. The first-order valence-electron chi connectivity index (χ1n) is 8.34. The summed E-state index contributed by atoms with van der Waals surface area (Å²) in [6.07, 6.45) is 1.47. The van der Waals surface area contributed by atoms with E-state index in [2.05, 4.69) is 10.0 Å². The summed E-state index contributed by atoms with van der Waals surface area (Å²) in [4.78, 5) is 12.5. The standard InChI is InChI=1S/C19H16N2O6S/c22-19(21-14-5-8-17-18(10-14)27-12-26-17)13-3-6-16(7-4-13)28(23,24)20-11-15-2-1-9-25-15/h1-10,20H,11-12H2,(H,21,22). The van der Waals surface area contributed by atoms with Gasteiger partial charge in [0.1, 0.15) is 5.76 Å². The van der Waals surface area contributed by atoms with E-state index < -0.39 is 10.0 Å². The van der Waals surface area contributed by atoms with Gasteiger partial charge in [-0.2, -0.15) is 0 Å². The maximum Gasteiger partial charge on any atom is 0.255 e. The highest BCUT2D eigenvalue weighted by Crippen LogP contribution is 2.34. The number of carbonyl (C=O) groups excluding carboxylic acids is 1. The van der Waals surface area contributed by atoms with E-state index >= 15 is 0 Å². The zero-order valence-electron chi connectivity index (χ0n) is 14.5. The van der Waals surface area contributed by atoms with Gasteiger partial charge in [-0.1, -0.05) is 0 Å². The summed E-state index contributed by atoms with van der Waals surface area (Å²) in [5.74, 6) is 1.31. The predicted molar refractivity (Wildman–Crippen MR) is 99.7 cm³/mol. The Hall–Kier alpha value is -3.30. The van der Waals surface area contributed by atoms with Crippen LogP contribution in [0.5, 0.6) is 11.5 Å². The molecule has 2 N–H and O–H groups in total. The molecule has 8 nitrogen and oxygen atoms in total. The van der Waals surface area contributed by atoms with Crippen LogP contribution >= 0.6 is 0 Å². The second-order valence-corrected chi connectivity index (χ2v) is 7.72. The van der Waals surface area contributed by atoms with E-state index in [0.717, 1.165) is 0 Å². The lowest BCUT2D eigenvalue weighted by Gasteiger charge is -2.08. The number of amides is 1. The third-order valence-corrected chi connectivity index (χ3v) is 5.49. The molecule has 1 amide bonds. The second kappa shape index (κ2) is 7.37. The summed E-state index contributed by atoms with van der Waals surface area (Å²) in [5.41, 5.74) is 0.869. The van der Waals surface area contributed by atoms with Gasteiger partial charge in [-0.3, -0.25) is 4.79 Å². The maximum atomic E-state index is 12.4. The number of anilines is 1. The summed E-state index contributed by atoms with van der Waals surface area (Å²) in [7, 11) is -3.72. The summed E-state index contributed by atoms with van der Waals surface area (Å²) >= 11 is 0. The number of hydrogen-bond acceptors (Lipinski definition) is 6. The Balaban J connectivity index is 1.42. The third-order valence-electron chi connectivity index (χ3n) is 4.07. The van der Waals surface area contributed by atoms with Gasteiger partial charge in [0.05, 0.1) is 17.7 Å². The van der Waals surface area contributed by atoms with E-state index in [0.29, 0.717) is 28.5 Å². The van der Waals surface area contributed by atoms with Crippen molar-refractivity contribution in [3.63, 3.8) is 0 Å². The second-order valence-electron chi connectivity index (χ2n) is 5.95. The van der Waals surface area contributed by atoms with Crippen molar-refractivity contribution in [3.05, 3.63) is 72.2 Å². The number of nitrogens with one attached hydrogen (secondary N) is 2. The SMILES string of the molecule is O=C(Nc1ccc2c(c1)OCO2)c1ccc(S(=O)(=O)NCc2ccco2)cc1. The van der Waals surface area contributed by atoms with E-state index in [4.69, 9.17) is 13.9 Å². The summed E-state index contributed by atoms with van der Waals surface area (Å²) in [6, 6.07) is 14.1. The summed E-state index contributed by atoms with van der Waals surface area (Å²) in [6.45, 7) is 0.193. The van der Waals surface area contributed by atoms with Crippen molar-refractivity contribution in [2.24, 2.45) is 0 Å². The molecule has 9 heteroatoms. The fraction of sp³-hybridized carbons (Fsp3) is 0.105. The molecule has 2 aromatic carbocycles. The van der Waals surface area contributed by atoms with Crippen LogP contribution in [0.25, 0.3) is 0 Å². The summed E-state index contributed by atoms with van der Waals surface area (Å²) in [5, 5.41) is 2.74. The molecule has 0 saturated heterocycles. The molecular weight excluding hydrogens is 384 g/mol. The third kappa shape index (κ3) is 3.85. The molecule has 1 aromatic heterocycles. The first-order valence-corrected chi connectivity index (χ1v) is 9.83. The molecule has 28 heavy (non-hydrogen) atoms. The van der Waals surface area contributed by atoms with Gasteiger partial charge in [0.25, 0.3) is 5.91 Å². The number of furan rings is 1. The van der Waals surface area contributed by atoms with Crippen molar-refractivity contribution in [3.8, 4) is 11.5 Å². The van der Waals surface area contributed by atoms with E-state index in [1.807, 2.05) is 0 Å². The zero-order valence-corrected chi connectivity index (χ0v) is 15.4. The maximum absolute atomic E-state index is 12.4. The normalized spacial score (nSPS) is 12.7. The van der Waals surface area contributed by atoms with Crippen LogP contribution in [0.1, 0.15) is 16.1 Å². The molecule has 4 rings (SSSR count). The quantitative estimate of drug-likeness (QED) is 0.659.